The third kappa shape index (κ3) is 4.63. The zero-order valence-corrected chi connectivity index (χ0v) is 12.8. The van der Waals surface area contributed by atoms with E-state index in [1.54, 1.807) is 12.0 Å². The molecule has 0 aliphatic carbocycles. The lowest BCUT2D eigenvalue weighted by Gasteiger charge is -2.27. The second kappa shape index (κ2) is 7.88. The number of amides is 1. The molecule has 0 spiro atoms. The highest BCUT2D eigenvalue weighted by Gasteiger charge is 2.23. The third-order valence-corrected chi connectivity index (χ3v) is 3.78. The minimum absolute atomic E-state index is 0.115. The summed E-state index contributed by atoms with van der Waals surface area (Å²) >= 11 is 0. The maximum Gasteiger partial charge on any atom is 0.226 e. The molecule has 0 saturated carbocycles. The molecular formula is C16H24N2O3. The SMILES string of the molecule is COc1ccc(OCCN(C)C(=O)[C@@H]2CCCNC2)cc1. The Labute approximate surface area is 126 Å². The Balaban J connectivity index is 1.72. The fourth-order valence-electron chi connectivity index (χ4n) is 2.46. The summed E-state index contributed by atoms with van der Waals surface area (Å²) in [6.45, 7) is 2.91. The molecule has 116 valence electrons. The number of hydrogen-bond acceptors (Lipinski definition) is 4. The second-order valence-electron chi connectivity index (χ2n) is 5.33. The van der Waals surface area contributed by atoms with Crippen LogP contribution in [0.3, 0.4) is 0 Å². The van der Waals surface area contributed by atoms with Crippen LogP contribution in [0.2, 0.25) is 0 Å². The van der Waals surface area contributed by atoms with E-state index in [1.807, 2.05) is 31.3 Å². The van der Waals surface area contributed by atoms with Crippen molar-refractivity contribution in [2.75, 3.05) is 40.4 Å². The molecule has 1 N–H and O–H groups in total. The maximum absolute atomic E-state index is 12.2. The summed E-state index contributed by atoms with van der Waals surface area (Å²) in [5, 5.41) is 3.27. The molecule has 0 aromatic heterocycles. The summed E-state index contributed by atoms with van der Waals surface area (Å²) in [7, 11) is 3.48. The van der Waals surface area contributed by atoms with Crippen LogP contribution < -0.4 is 14.8 Å². The van der Waals surface area contributed by atoms with Crippen molar-refractivity contribution in [3.05, 3.63) is 24.3 Å². The lowest BCUT2D eigenvalue weighted by Crippen LogP contribution is -2.42. The maximum atomic E-state index is 12.2. The molecule has 0 unspecified atom stereocenters. The molecule has 0 radical (unpaired) electrons. The summed E-state index contributed by atoms with van der Waals surface area (Å²) in [6, 6.07) is 7.45. The first-order valence-electron chi connectivity index (χ1n) is 7.43. The van der Waals surface area contributed by atoms with E-state index in [4.69, 9.17) is 9.47 Å². The van der Waals surface area contributed by atoms with Crippen LogP contribution in [0, 0.1) is 5.92 Å². The highest BCUT2D eigenvalue weighted by Crippen LogP contribution is 2.17. The summed E-state index contributed by atoms with van der Waals surface area (Å²) in [5.41, 5.74) is 0. The Morgan fingerprint density at radius 2 is 2.05 bits per heavy atom. The Bertz CT molecular complexity index is 441. The van der Waals surface area contributed by atoms with Crippen molar-refractivity contribution in [1.82, 2.24) is 10.2 Å². The van der Waals surface area contributed by atoms with Gasteiger partial charge in [0.1, 0.15) is 18.1 Å². The number of piperidine rings is 1. The molecular weight excluding hydrogens is 268 g/mol. The van der Waals surface area contributed by atoms with E-state index >= 15 is 0 Å². The average Bonchev–Trinajstić information content (AvgIpc) is 2.55. The molecule has 1 atom stereocenters. The van der Waals surface area contributed by atoms with E-state index in [9.17, 15) is 4.79 Å². The van der Waals surface area contributed by atoms with E-state index in [1.165, 1.54) is 0 Å². The topological polar surface area (TPSA) is 50.8 Å². The van der Waals surface area contributed by atoms with Gasteiger partial charge >= 0.3 is 0 Å². The van der Waals surface area contributed by atoms with Gasteiger partial charge in [-0.2, -0.15) is 0 Å². The highest BCUT2D eigenvalue weighted by atomic mass is 16.5. The number of ether oxygens (including phenoxy) is 2. The molecule has 1 aliphatic heterocycles. The standard InChI is InChI=1S/C16H24N2O3/c1-18(16(19)13-4-3-9-17-12-13)10-11-21-15-7-5-14(20-2)6-8-15/h5-8,13,17H,3-4,9-12H2,1-2H3/t13-/m1/s1. The van der Waals surface area contributed by atoms with Gasteiger partial charge in [0.25, 0.3) is 0 Å². The van der Waals surface area contributed by atoms with Crippen molar-refractivity contribution in [2.45, 2.75) is 12.8 Å². The van der Waals surface area contributed by atoms with Crippen LogP contribution in [-0.2, 0) is 4.79 Å². The molecule has 5 heteroatoms. The zero-order chi connectivity index (χ0) is 15.1. The number of methoxy groups -OCH3 is 1. The van der Waals surface area contributed by atoms with E-state index in [0.29, 0.717) is 13.2 Å². The lowest BCUT2D eigenvalue weighted by molar-refractivity contribution is -0.135. The van der Waals surface area contributed by atoms with E-state index < -0.39 is 0 Å². The number of likely N-dealkylation sites (N-methyl/N-ethyl adjacent to an activating group) is 1. The number of rotatable bonds is 6. The fraction of sp³-hybridized carbons (Fsp3) is 0.562. The van der Waals surface area contributed by atoms with Crippen molar-refractivity contribution in [3.8, 4) is 11.5 Å². The fourth-order valence-corrected chi connectivity index (χ4v) is 2.46. The third-order valence-electron chi connectivity index (χ3n) is 3.78. The monoisotopic (exact) mass is 292 g/mol. The van der Waals surface area contributed by atoms with Crippen molar-refractivity contribution < 1.29 is 14.3 Å². The predicted molar refractivity (Wildman–Crippen MR) is 81.7 cm³/mol. The van der Waals surface area contributed by atoms with Crippen LogP contribution in [-0.4, -0.2) is 51.2 Å². The highest BCUT2D eigenvalue weighted by molar-refractivity contribution is 5.78. The molecule has 1 amide bonds. The predicted octanol–water partition coefficient (Wildman–Crippen LogP) is 1.53. The van der Waals surface area contributed by atoms with E-state index in [-0.39, 0.29) is 11.8 Å². The lowest BCUT2D eigenvalue weighted by atomic mass is 9.98. The number of benzene rings is 1. The van der Waals surface area contributed by atoms with Gasteiger partial charge in [0.15, 0.2) is 0 Å². The summed E-state index contributed by atoms with van der Waals surface area (Å²) in [4.78, 5) is 14.0. The first-order chi connectivity index (χ1) is 10.2. The first-order valence-corrected chi connectivity index (χ1v) is 7.43. The molecule has 2 rings (SSSR count). The number of nitrogens with one attached hydrogen (secondary N) is 1. The van der Waals surface area contributed by atoms with Gasteiger partial charge in [-0.3, -0.25) is 4.79 Å². The van der Waals surface area contributed by atoms with E-state index in [2.05, 4.69) is 5.32 Å². The summed E-state index contributed by atoms with van der Waals surface area (Å²) < 4.78 is 10.7. The molecule has 1 saturated heterocycles. The Kier molecular flexibility index (Phi) is 5.87. The van der Waals surface area contributed by atoms with Gasteiger partial charge in [0.05, 0.1) is 19.6 Å². The first kappa shape index (κ1) is 15.6. The quantitative estimate of drug-likeness (QED) is 0.864. The molecule has 5 nitrogen and oxygen atoms in total. The number of hydrogen-bond donors (Lipinski definition) is 1. The largest absolute Gasteiger partial charge is 0.497 e. The van der Waals surface area contributed by atoms with Crippen molar-refractivity contribution in [1.29, 1.82) is 0 Å². The molecule has 0 bridgehead atoms. The van der Waals surface area contributed by atoms with E-state index in [0.717, 1.165) is 37.4 Å². The second-order valence-corrected chi connectivity index (χ2v) is 5.33. The number of nitrogens with zero attached hydrogens (tertiary/aromatic N) is 1. The van der Waals surface area contributed by atoms with Crippen LogP contribution in [0.1, 0.15) is 12.8 Å². The molecule has 1 aromatic carbocycles. The van der Waals surface area contributed by atoms with Gasteiger partial charge in [-0.05, 0) is 43.7 Å². The molecule has 1 heterocycles. The summed E-state index contributed by atoms with van der Waals surface area (Å²) in [6.07, 6.45) is 2.06. The average molecular weight is 292 g/mol. The smallest absolute Gasteiger partial charge is 0.226 e. The van der Waals surface area contributed by atoms with Gasteiger partial charge in [0, 0.05) is 13.6 Å². The van der Waals surface area contributed by atoms with Gasteiger partial charge in [-0.25, -0.2) is 0 Å². The van der Waals surface area contributed by atoms with Crippen LogP contribution in [0.15, 0.2) is 24.3 Å². The van der Waals surface area contributed by atoms with Crippen molar-refractivity contribution in [3.63, 3.8) is 0 Å². The zero-order valence-electron chi connectivity index (χ0n) is 12.8. The Morgan fingerprint density at radius 3 is 2.67 bits per heavy atom. The van der Waals surface area contributed by atoms with Gasteiger partial charge in [0.2, 0.25) is 5.91 Å². The van der Waals surface area contributed by atoms with Crippen LogP contribution in [0.5, 0.6) is 11.5 Å². The van der Waals surface area contributed by atoms with Gasteiger partial charge < -0.3 is 19.7 Å². The number of carbonyl (C=O) groups is 1. The molecule has 21 heavy (non-hydrogen) atoms. The molecule has 1 aromatic rings. The van der Waals surface area contributed by atoms with Crippen molar-refractivity contribution >= 4 is 5.91 Å². The molecule has 1 fully saturated rings. The summed E-state index contributed by atoms with van der Waals surface area (Å²) in [5.74, 6) is 1.92. The van der Waals surface area contributed by atoms with Crippen LogP contribution in [0.4, 0.5) is 0 Å². The Morgan fingerprint density at radius 1 is 1.33 bits per heavy atom. The normalized spacial score (nSPS) is 18.1. The van der Waals surface area contributed by atoms with Crippen LogP contribution >= 0.6 is 0 Å². The van der Waals surface area contributed by atoms with Crippen LogP contribution in [0.25, 0.3) is 0 Å². The minimum Gasteiger partial charge on any atom is -0.497 e. The molecule has 1 aliphatic rings. The number of carbonyl (C=O) groups excluding carboxylic acids is 1. The van der Waals surface area contributed by atoms with Gasteiger partial charge in [-0.15, -0.1) is 0 Å². The van der Waals surface area contributed by atoms with Gasteiger partial charge in [-0.1, -0.05) is 0 Å². The van der Waals surface area contributed by atoms with Crippen molar-refractivity contribution in [2.24, 2.45) is 5.92 Å². The Hall–Kier alpha value is -1.75. The minimum atomic E-state index is 0.115.